The normalized spacial score (nSPS) is 21.3. The lowest BCUT2D eigenvalue weighted by atomic mass is 9.85. The Morgan fingerprint density at radius 1 is 1.26 bits per heavy atom. The molecule has 0 aromatic carbocycles. The molecule has 144 valence electrons. The van der Waals surface area contributed by atoms with Crippen LogP contribution >= 0.6 is 11.3 Å². The molecule has 27 heavy (non-hydrogen) atoms. The fraction of sp³-hybridized carbons (Fsp3) is 0.500. The van der Waals surface area contributed by atoms with Gasteiger partial charge in [0.25, 0.3) is 0 Å². The summed E-state index contributed by atoms with van der Waals surface area (Å²) in [6.45, 7) is 3.68. The van der Waals surface area contributed by atoms with Crippen LogP contribution in [0.2, 0.25) is 0 Å². The number of nitrogens with one attached hydrogen (secondary N) is 1. The summed E-state index contributed by atoms with van der Waals surface area (Å²) in [5.41, 5.74) is 0.482. The lowest BCUT2D eigenvalue weighted by molar-refractivity contribution is -0.140. The Bertz CT molecular complexity index is 790. The van der Waals surface area contributed by atoms with E-state index in [1.807, 2.05) is 12.2 Å². The number of nitrogens with zero attached hydrogens (tertiary/aromatic N) is 2. The standard InChI is InChI=1S/C18H21N3O5S/c1-3-26-17(25)14-10(2)19-18(27-14)20-13(22)8-9-21-15(23)11-6-4-5-7-12(11)16(21)24/h4-5,11-12H,3,6-9H2,1-2H3,(H,19,20,22)/t11-,12+. The van der Waals surface area contributed by atoms with Crippen molar-refractivity contribution in [1.29, 1.82) is 0 Å². The van der Waals surface area contributed by atoms with Crippen molar-refractivity contribution >= 4 is 40.2 Å². The third kappa shape index (κ3) is 3.92. The van der Waals surface area contributed by atoms with Crippen LogP contribution in [0.15, 0.2) is 12.2 Å². The van der Waals surface area contributed by atoms with Gasteiger partial charge in [0, 0.05) is 13.0 Å². The minimum atomic E-state index is -0.475. The molecule has 1 fully saturated rings. The minimum absolute atomic E-state index is 0.0162. The van der Waals surface area contributed by atoms with Gasteiger partial charge in [-0.15, -0.1) is 0 Å². The SMILES string of the molecule is CCOC(=O)c1sc(NC(=O)CCN2C(=O)[C@H]3CC=CC[C@H]3C2=O)nc1C. The van der Waals surface area contributed by atoms with Gasteiger partial charge in [-0.05, 0) is 26.7 Å². The number of rotatable bonds is 6. The summed E-state index contributed by atoms with van der Waals surface area (Å²) in [5, 5.41) is 2.90. The fourth-order valence-corrected chi connectivity index (χ4v) is 4.20. The van der Waals surface area contributed by atoms with E-state index in [2.05, 4.69) is 10.3 Å². The number of ether oxygens (including phenoxy) is 1. The number of hydrogen-bond donors (Lipinski definition) is 1. The predicted molar refractivity (Wildman–Crippen MR) is 98.1 cm³/mol. The van der Waals surface area contributed by atoms with Crippen molar-refractivity contribution in [2.24, 2.45) is 11.8 Å². The van der Waals surface area contributed by atoms with Gasteiger partial charge in [0.15, 0.2) is 5.13 Å². The maximum atomic E-state index is 12.4. The number of amides is 3. The highest BCUT2D eigenvalue weighted by atomic mass is 32.1. The minimum Gasteiger partial charge on any atom is -0.462 e. The Labute approximate surface area is 160 Å². The number of likely N-dealkylation sites (tertiary alicyclic amines) is 1. The number of thiazole rings is 1. The van der Waals surface area contributed by atoms with Gasteiger partial charge in [0.05, 0.1) is 24.1 Å². The molecular formula is C18H21N3O5S. The second-order valence-corrected chi connectivity index (χ2v) is 7.44. The first-order valence-electron chi connectivity index (χ1n) is 8.87. The highest BCUT2D eigenvalue weighted by Gasteiger charge is 2.46. The van der Waals surface area contributed by atoms with E-state index in [1.165, 1.54) is 4.90 Å². The Morgan fingerprint density at radius 2 is 1.89 bits per heavy atom. The fourth-order valence-electron chi connectivity index (χ4n) is 3.32. The summed E-state index contributed by atoms with van der Waals surface area (Å²) in [6, 6.07) is 0. The Morgan fingerprint density at radius 3 is 2.48 bits per heavy atom. The molecular weight excluding hydrogens is 370 g/mol. The lowest BCUT2D eigenvalue weighted by Gasteiger charge is -2.14. The van der Waals surface area contributed by atoms with Gasteiger partial charge < -0.3 is 10.1 Å². The third-order valence-corrected chi connectivity index (χ3v) is 5.72. The van der Waals surface area contributed by atoms with Gasteiger partial charge in [-0.25, -0.2) is 9.78 Å². The van der Waals surface area contributed by atoms with Crippen LogP contribution < -0.4 is 5.32 Å². The molecule has 0 bridgehead atoms. The van der Waals surface area contributed by atoms with Crippen LogP contribution in [0.3, 0.4) is 0 Å². The number of carbonyl (C=O) groups is 4. The van der Waals surface area contributed by atoms with Crippen LogP contribution in [-0.4, -0.2) is 46.7 Å². The van der Waals surface area contributed by atoms with Gasteiger partial charge in [-0.1, -0.05) is 23.5 Å². The molecule has 0 spiro atoms. The number of imide groups is 1. The summed E-state index contributed by atoms with van der Waals surface area (Å²) < 4.78 is 4.94. The maximum Gasteiger partial charge on any atom is 0.350 e. The molecule has 1 aromatic rings. The summed E-state index contributed by atoms with van der Waals surface area (Å²) in [7, 11) is 0. The van der Waals surface area contributed by atoms with Crippen molar-refractivity contribution in [3.05, 3.63) is 22.7 Å². The van der Waals surface area contributed by atoms with Gasteiger partial charge in [0.1, 0.15) is 4.88 Å². The zero-order valence-corrected chi connectivity index (χ0v) is 16.0. The summed E-state index contributed by atoms with van der Waals surface area (Å²) >= 11 is 1.04. The Kier molecular flexibility index (Phi) is 5.69. The third-order valence-electron chi connectivity index (χ3n) is 4.67. The first kappa shape index (κ1) is 19.2. The number of fused-ring (bicyclic) bond motifs is 1. The molecule has 1 aliphatic carbocycles. The van der Waals surface area contributed by atoms with E-state index in [-0.39, 0.29) is 54.3 Å². The molecule has 2 heterocycles. The second-order valence-electron chi connectivity index (χ2n) is 6.44. The average molecular weight is 391 g/mol. The Balaban J connectivity index is 1.56. The second kappa shape index (κ2) is 7.99. The number of allylic oxidation sites excluding steroid dienone is 2. The van der Waals surface area contributed by atoms with E-state index < -0.39 is 5.97 Å². The molecule has 3 rings (SSSR count). The van der Waals surface area contributed by atoms with Crippen molar-refractivity contribution in [2.45, 2.75) is 33.1 Å². The van der Waals surface area contributed by atoms with Gasteiger partial charge in [-0.3, -0.25) is 19.3 Å². The molecule has 8 nitrogen and oxygen atoms in total. The molecule has 1 saturated heterocycles. The van der Waals surface area contributed by atoms with Crippen molar-refractivity contribution in [3.63, 3.8) is 0 Å². The molecule has 9 heteroatoms. The lowest BCUT2D eigenvalue weighted by Crippen LogP contribution is -2.34. The number of aromatic nitrogens is 1. The molecule has 0 radical (unpaired) electrons. The van der Waals surface area contributed by atoms with E-state index in [0.717, 1.165) is 11.3 Å². The van der Waals surface area contributed by atoms with E-state index in [9.17, 15) is 19.2 Å². The van der Waals surface area contributed by atoms with Crippen LogP contribution in [-0.2, 0) is 19.1 Å². The van der Waals surface area contributed by atoms with Crippen molar-refractivity contribution in [2.75, 3.05) is 18.5 Å². The van der Waals surface area contributed by atoms with E-state index in [1.54, 1.807) is 13.8 Å². The smallest absolute Gasteiger partial charge is 0.350 e. The number of carbonyl (C=O) groups excluding carboxylic acids is 4. The van der Waals surface area contributed by atoms with Crippen LogP contribution in [0.1, 0.15) is 41.6 Å². The predicted octanol–water partition coefficient (Wildman–Crippen LogP) is 1.91. The monoisotopic (exact) mass is 391 g/mol. The van der Waals surface area contributed by atoms with Crippen LogP contribution in [0.4, 0.5) is 5.13 Å². The van der Waals surface area contributed by atoms with E-state index in [4.69, 9.17) is 4.74 Å². The molecule has 2 aliphatic rings. The number of anilines is 1. The highest BCUT2D eigenvalue weighted by molar-refractivity contribution is 7.17. The summed E-state index contributed by atoms with van der Waals surface area (Å²) in [4.78, 5) is 54.5. The molecule has 1 aliphatic heterocycles. The quantitative estimate of drug-likeness (QED) is 0.451. The highest BCUT2D eigenvalue weighted by Crippen LogP contribution is 2.35. The van der Waals surface area contributed by atoms with Gasteiger partial charge >= 0.3 is 5.97 Å². The molecule has 3 amide bonds. The van der Waals surface area contributed by atoms with Crippen LogP contribution in [0, 0.1) is 18.8 Å². The van der Waals surface area contributed by atoms with Crippen molar-refractivity contribution in [3.8, 4) is 0 Å². The van der Waals surface area contributed by atoms with Crippen molar-refractivity contribution in [1.82, 2.24) is 9.88 Å². The van der Waals surface area contributed by atoms with Gasteiger partial charge in [0.2, 0.25) is 17.7 Å². The van der Waals surface area contributed by atoms with Crippen LogP contribution in [0.5, 0.6) is 0 Å². The zero-order valence-electron chi connectivity index (χ0n) is 15.2. The van der Waals surface area contributed by atoms with E-state index >= 15 is 0 Å². The average Bonchev–Trinajstić information content (AvgIpc) is 3.12. The summed E-state index contributed by atoms with van der Waals surface area (Å²) in [5.74, 6) is -1.82. The molecule has 1 aromatic heterocycles. The largest absolute Gasteiger partial charge is 0.462 e. The van der Waals surface area contributed by atoms with Crippen molar-refractivity contribution < 1.29 is 23.9 Å². The zero-order chi connectivity index (χ0) is 19.6. The van der Waals surface area contributed by atoms with Gasteiger partial charge in [-0.2, -0.15) is 0 Å². The maximum absolute atomic E-state index is 12.4. The van der Waals surface area contributed by atoms with Crippen LogP contribution in [0.25, 0.3) is 0 Å². The first-order valence-corrected chi connectivity index (χ1v) is 9.68. The molecule has 0 saturated carbocycles. The number of esters is 1. The topological polar surface area (TPSA) is 106 Å². The van der Waals surface area contributed by atoms with E-state index in [0.29, 0.717) is 23.4 Å². The molecule has 1 N–H and O–H groups in total. The first-order chi connectivity index (χ1) is 12.9. The number of aryl methyl sites for hydroxylation is 1. The Hall–Kier alpha value is -2.55. The molecule has 2 atom stereocenters. The summed E-state index contributed by atoms with van der Waals surface area (Å²) in [6.07, 6.45) is 4.99. The number of hydrogen-bond acceptors (Lipinski definition) is 7. The molecule has 0 unspecified atom stereocenters.